The molecule has 28 heavy (non-hydrogen) atoms. The second-order valence-corrected chi connectivity index (χ2v) is 6.33. The first-order valence-corrected chi connectivity index (χ1v) is 8.53. The normalized spacial score (nSPS) is 14.7. The Morgan fingerprint density at radius 2 is 1.75 bits per heavy atom. The number of pyridine rings is 1. The number of benzene rings is 2. The topological polar surface area (TPSA) is 53.1 Å². The van der Waals surface area contributed by atoms with Gasteiger partial charge in [0.05, 0.1) is 5.56 Å². The number of rotatable bonds is 4. The van der Waals surface area contributed by atoms with Crippen molar-refractivity contribution in [3.8, 4) is 0 Å². The number of allylic oxidation sites excluding steroid dienone is 1. The van der Waals surface area contributed by atoms with Crippen LogP contribution in [0.1, 0.15) is 23.6 Å². The Morgan fingerprint density at radius 1 is 1.07 bits per heavy atom. The predicted octanol–water partition coefficient (Wildman–Crippen LogP) is 4.92. The Labute approximate surface area is 159 Å². The molecule has 2 N–H and O–H groups in total. The van der Waals surface area contributed by atoms with Gasteiger partial charge in [-0.05, 0) is 35.8 Å². The quantitative estimate of drug-likeness (QED) is 0.627. The first-order valence-electron chi connectivity index (χ1n) is 8.53. The molecule has 144 valence electrons. The molecule has 0 saturated heterocycles. The summed E-state index contributed by atoms with van der Waals surface area (Å²) in [5.41, 5.74) is -2.41. The van der Waals surface area contributed by atoms with Gasteiger partial charge in [0.1, 0.15) is 5.60 Å². The Kier molecular flexibility index (Phi) is 5.00. The van der Waals surface area contributed by atoms with Gasteiger partial charge >= 0.3 is 6.18 Å². The summed E-state index contributed by atoms with van der Waals surface area (Å²) in [5, 5.41) is 11.4. The number of H-pyrrole nitrogens is 1. The zero-order valence-electron chi connectivity index (χ0n) is 15.0. The summed E-state index contributed by atoms with van der Waals surface area (Å²) < 4.78 is 40.5. The monoisotopic (exact) mass is 385 g/mol. The van der Waals surface area contributed by atoms with Gasteiger partial charge in [0, 0.05) is 17.0 Å². The molecule has 0 bridgehead atoms. The molecule has 1 atom stereocenters. The molecule has 2 aromatic carbocycles. The van der Waals surface area contributed by atoms with Crippen LogP contribution in [0, 0.1) is 0 Å². The molecule has 0 aliphatic rings. The van der Waals surface area contributed by atoms with Crippen molar-refractivity contribution < 1.29 is 18.3 Å². The molecular weight excluding hydrogens is 367 g/mol. The lowest BCUT2D eigenvalue weighted by Gasteiger charge is -2.31. The van der Waals surface area contributed by atoms with Crippen molar-refractivity contribution in [2.45, 2.75) is 18.7 Å². The Bertz CT molecular complexity index is 1110. The maximum Gasteiger partial charge on any atom is 0.417 e. The van der Waals surface area contributed by atoms with E-state index in [1.165, 1.54) is 24.3 Å². The van der Waals surface area contributed by atoms with Crippen molar-refractivity contribution in [1.82, 2.24) is 4.98 Å². The highest BCUT2D eigenvalue weighted by molar-refractivity contribution is 5.84. The van der Waals surface area contributed by atoms with Crippen molar-refractivity contribution in [1.29, 1.82) is 0 Å². The fourth-order valence-electron chi connectivity index (χ4n) is 3.37. The summed E-state index contributed by atoms with van der Waals surface area (Å²) >= 11 is 0. The van der Waals surface area contributed by atoms with Crippen LogP contribution in [0.5, 0.6) is 0 Å². The van der Waals surface area contributed by atoms with Crippen LogP contribution < -0.4 is 5.56 Å². The molecule has 0 saturated carbocycles. The maximum absolute atomic E-state index is 13.5. The van der Waals surface area contributed by atoms with Gasteiger partial charge in [0.15, 0.2) is 0 Å². The fraction of sp³-hybridized carbons (Fsp3) is 0.136. The molecule has 3 rings (SSSR count). The van der Waals surface area contributed by atoms with E-state index in [0.29, 0.717) is 17.2 Å². The third-order valence-corrected chi connectivity index (χ3v) is 4.71. The van der Waals surface area contributed by atoms with E-state index in [9.17, 15) is 23.1 Å². The molecule has 6 heteroatoms. The van der Waals surface area contributed by atoms with Gasteiger partial charge in [-0.2, -0.15) is 13.2 Å². The number of fused-ring (bicyclic) bond motifs is 1. The first kappa shape index (κ1) is 19.6. The highest BCUT2D eigenvalue weighted by Gasteiger charge is 2.37. The van der Waals surface area contributed by atoms with E-state index in [2.05, 4.69) is 11.6 Å². The fourth-order valence-corrected chi connectivity index (χ4v) is 3.37. The van der Waals surface area contributed by atoms with Crippen molar-refractivity contribution in [3.05, 3.63) is 106 Å². The summed E-state index contributed by atoms with van der Waals surface area (Å²) in [6.07, 6.45) is -1.59. The van der Waals surface area contributed by atoms with Crippen LogP contribution in [0.2, 0.25) is 0 Å². The van der Waals surface area contributed by atoms with Crippen molar-refractivity contribution in [2.75, 3.05) is 0 Å². The van der Waals surface area contributed by atoms with Gasteiger partial charge in [-0.25, -0.2) is 0 Å². The zero-order valence-corrected chi connectivity index (χ0v) is 15.0. The molecule has 0 fully saturated rings. The van der Waals surface area contributed by atoms with Crippen LogP contribution in [0.3, 0.4) is 0 Å². The van der Waals surface area contributed by atoms with Crippen LogP contribution in [-0.4, -0.2) is 10.1 Å². The predicted molar refractivity (Wildman–Crippen MR) is 103 cm³/mol. The van der Waals surface area contributed by atoms with Crippen LogP contribution in [0.15, 0.2) is 83.7 Å². The summed E-state index contributed by atoms with van der Waals surface area (Å²) in [7, 11) is 0. The third-order valence-electron chi connectivity index (χ3n) is 4.71. The second-order valence-electron chi connectivity index (χ2n) is 6.33. The van der Waals surface area contributed by atoms with E-state index in [0.717, 1.165) is 0 Å². The van der Waals surface area contributed by atoms with Gasteiger partial charge in [0.2, 0.25) is 5.56 Å². The van der Waals surface area contributed by atoms with Crippen molar-refractivity contribution in [3.63, 3.8) is 0 Å². The van der Waals surface area contributed by atoms with E-state index in [4.69, 9.17) is 0 Å². The van der Waals surface area contributed by atoms with E-state index in [-0.39, 0.29) is 16.5 Å². The van der Waals surface area contributed by atoms with Crippen molar-refractivity contribution >= 4 is 10.9 Å². The number of halogens is 3. The van der Waals surface area contributed by atoms with Gasteiger partial charge in [0.25, 0.3) is 0 Å². The maximum atomic E-state index is 13.5. The van der Waals surface area contributed by atoms with Gasteiger partial charge < -0.3 is 10.1 Å². The Morgan fingerprint density at radius 3 is 2.32 bits per heavy atom. The minimum Gasteiger partial charge on any atom is -0.376 e. The highest BCUT2D eigenvalue weighted by atomic mass is 19.4. The van der Waals surface area contributed by atoms with Gasteiger partial charge in [-0.1, -0.05) is 55.1 Å². The molecule has 3 aromatic rings. The number of hydrogen-bond acceptors (Lipinski definition) is 2. The number of aromatic nitrogens is 1. The Balaban J connectivity index is 2.38. The molecule has 0 aliphatic carbocycles. The molecule has 3 nitrogen and oxygen atoms in total. The first-order chi connectivity index (χ1) is 13.2. The molecule has 0 amide bonds. The average molecular weight is 385 g/mol. The van der Waals surface area contributed by atoms with Crippen LogP contribution in [-0.2, 0) is 11.8 Å². The summed E-state index contributed by atoms with van der Waals surface area (Å²) in [6.45, 7) is 5.44. The van der Waals surface area contributed by atoms with Crippen molar-refractivity contribution in [2.24, 2.45) is 0 Å². The molecule has 1 heterocycles. The average Bonchev–Trinajstić information content (AvgIpc) is 2.67. The lowest BCUT2D eigenvalue weighted by Crippen LogP contribution is -2.29. The standard InChI is InChI=1S/C22H18F3NO2/c1-3-14(4-2)21(28,15-8-6-5-7-9-15)16-10-11-19-17(12-16)18(22(23,24)25)13-20(27)26-19/h3-13,28H,1H2,2H3,(H,26,27)/b14-4+. The molecular formula is C22H18F3NO2. The van der Waals surface area contributed by atoms with E-state index in [1.54, 1.807) is 43.3 Å². The number of alkyl halides is 3. The van der Waals surface area contributed by atoms with E-state index >= 15 is 0 Å². The molecule has 0 aliphatic heterocycles. The molecule has 1 aromatic heterocycles. The van der Waals surface area contributed by atoms with Gasteiger partial charge in [-0.3, -0.25) is 4.79 Å². The van der Waals surface area contributed by atoms with Crippen LogP contribution in [0.4, 0.5) is 13.2 Å². The number of hydrogen-bond donors (Lipinski definition) is 2. The lowest BCUT2D eigenvalue weighted by molar-refractivity contribution is -0.136. The number of nitrogens with one attached hydrogen (secondary N) is 1. The summed E-state index contributed by atoms with van der Waals surface area (Å²) in [5.74, 6) is 0. The lowest BCUT2D eigenvalue weighted by atomic mass is 9.79. The van der Waals surface area contributed by atoms with Crippen LogP contribution in [0.25, 0.3) is 10.9 Å². The third kappa shape index (κ3) is 3.27. The number of aromatic amines is 1. The minimum absolute atomic E-state index is 0.0413. The zero-order chi connectivity index (χ0) is 20.5. The molecule has 1 unspecified atom stereocenters. The molecule has 0 radical (unpaired) electrons. The smallest absolute Gasteiger partial charge is 0.376 e. The second kappa shape index (κ2) is 7.13. The van der Waals surface area contributed by atoms with E-state index in [1.807, 2.05) is 0 Å². The SMILES string of the molecule is C=C/C(=C\C)C(O)(c1ccccc1)c1ccc2[nH]c(=O)cc(C(F)(F)F)c2c1. The van der Waals surface area contributed by atoms with Crippen LogP contribution >= 0.6 is 0 Å². The summed E-state index contributed by atoms with van der Waals surface area (Å²) in [6, 6.07) is 13.3. The number of aliphatic hydroxyl groups is 1. The highest BCUT2D eigenvalue weighted by Crippen LogP contribution is 2.40. The molecule has 0 spiro atoms. The Hall–Kier alpha value is -3.12. The minimum atomic E-state index is -4.71. The largest absolute Gasteiger partial charge is 0.417 e. The van der Waals surface area contributed by atoms with Gasteiger partial charge in [-0.15, -0.1) is 0 Å². The summed E-state index contributed by atoms with van der Waals surface area (Å²) in [4.78, 5) is 14.0. The van der Waals surface area contributed by atoms with E-state index < -0.39 is 22.9 Å².